The number of carboxylic acids is 1. The minimum Gasteiger partial charge on any atom is -0.478 e. The van der Waals surface area contributed by atoms with Gasteiger partial charge in [0.25, 0.3) is 0 Å². The van der Waals surface area contributed by atoms with Crippen molar-refractivity contribution in [2.45, 2.75) is 19.9 Å². The molecule has 27 heavy (non-hydrogen) atoms. The Kier molecular flexibility index (Phi) is 5.18. The van der Waals surface area contributed by atoms with Crippen molar-refractivity contribution in [2.75, 3.05) is 0 Å². The van der Waals surface area contributed by atoms with Gasteiger partial charge in [0.05, 0.1) is 28.6 Å². The maximum atomic E-state index is 11.9. The second kappa shape index (κ2) is 7.71. The van der Waals surface area contributed by atoms with Crippen LogP contribution in [0.15, 0.2) is 54.6 Å². The Labute approximate surface area is 157 Å². The van der Waals surface area contributed by atoms with Crippen LogP contribution in [0.3, 0.4) is 0 Å². The number of rotatable bonds is 6. The smallest absolute Gasteiger partial charge is 0.338 e. The molecule has 5 nitrogen and oxygen atoms in total. The van der Waals surface area contributed by atoms with Crippen LogP contribution in [0.25, 0.3) is 11.3 Å². The van der Waals surface area contributed by atoms with Gasteiger partial charge in [-0.3, -0.25) is 4.79 Å². The summed E-state index contributed by atoms with van der Waals surface area (Å²) in [6.07, 6.45) is 1.08. The number of benzene rings is 2. The highest BCUT2D eigenvalue weighted by atomic mass is 16.4. The average molecular weight is 358 g/mol. The number of hydrogen-bond acceptors (Lipinski definition) is 3. The molecule has 1 heterocycles. The van der Waals surface area contributed by atoms with Crippen molar-refractivity contribution in [1.29, 1.82) is 5.26 Å². The fourth-order valence-corrected chi connectivity index (χ4v) is 3.36. The lowest BCUT2D eigenvalue weighted by Crippen LogP contribution is -2.08. The van der Waals surface area contributed by atoms with Crippen LogP contribution in [-0.2, 0) is 13.0 Å². The largest absolute Gasteiger partial charge is 0.478 e. The van der Waals surface area contributed by atoms with Gasteiger partial charge >= 0.3 is 5.97 Å². The number of aromatic carboxylic acids is 1. The minimum atomic E-state index is -1.12. The molecule has 0 aliphatic rings. The Morgan fingerprint density at radius 3 is 2.33 bits per heavy atom. The van der Waals surface area contributed by atoms with E-state index >= 15 is 0 Å². The van der Waals surface area contributed by atoms with Gasteiger partial charge in [0, 0.05) is 6.54 Å². The zero-order chi connectivity index (χ0) is 19.4. The van der Waals surface area contributed by atoms with E-state index in [1.54, 1.807) is 28.8 Å². The summed E-state index contributed by atoms with van der Waals surface area (Å²) in [7, 11) is 0. The fraction of sp³-hybridized carbons (Fsp3) is 0.136. The zero-order valence-electron chi connectivity index (χ0n) is 14.8. The molecular weight excluding hydrogens is 340 g/mol. The van der Waals surface area contributed by atoms with Crippen LogP contribution in [0, 0.1) is 11.3 Å². The van der Waals surface area contributed by atoms with Crippen LogP contribution >= 0.6 is 0 Å². The van der Waals surface area contributed by atoms with Crippen LogP contribution < -0.4 is 0 Å². The summed E-state index contributed by atoms with van der Waals surface area (Å²) in [5, 5.41) is 18.8. The molecular formula is C22H18N2O3. The summed E-state index contributed by atoms with van der Waals surface area (Å²) in [6, 6.07) is 18.6. The normalized spacial score (nSPS) is 10.4. The number of carbonyl (C=O) groups is 2. The molecule has 0 saturated heterocycles. The monoisotopic (exact) mass is 358 g/mol. The van der Waals surface area contributed by atoms with Crippen LogP contribution in [0.4, 0.5) is 0 Å². The molecule has 1 aromatic heterocycles. The lowest BCUT2D eigenvalue weighted by Gasteiger charge is -2.13. The summed E-state index contributed by atoms with van der Waals surface area (Å²) in [5.41, 5.74) is 3.77. The van der Waals surface area contributed by atoms with Crippen molar-refractivity contribution in [3.05, 3.63) is 82.5 Å². The van der Waals surface area contributed by atoms with Gasteiger partial charge in [0.1, 0.15) is 0 Å². The molecule has 0 amide bonds. The molecule has 0 saturated carbocycles. The Morgan fingerprint density at radius 1 is 1.15 bits per heavy atom. The summed E-state index contributed by atoms with van der Waals surface area (Å²) in [6.45, 7) is 2.25. The van der Waals surface area contributed by atoms with Gasteiger partial charge in [0.2, 0.25) is 0 Å². The maximum Gasteiger partial charge on any atom is 0.338 e. The van der Waals surface area contributed by atoms with Crippen LogP contribution in [0.5, 0.6) is 0 Å². The molecule has 1 N–H and O–H groups in total. The van der Waals surface area contributed by atoms with E-state index in [0.29, 0.717) is 36.1 Å². The molecule has 0 fully saturated rings. The van der Waals surface area contributed by atoms with E-state index < -0.39 is 5.97 Å². The average Bonchev–Trinajstić information content (AvgIpc) is 3.02. The van der Waals surface area contributed by atoms with E-state index in [1.807, 2.05) is 37.3 Å². The molecule has 3 aromatic rings. The van der Waals surface area contributed by atoms with Crippen molar-refractivity contribution in [1.82, 2.24) is 4.57 Å². The first-order chi connectivity index (χ1) is 13.1. The van der Waals surface area contributed by atoms with Crippen molar-refractivity contribution in [2.24, 2.45) is 0 Å². The Morgan fingerprint density at radius 2 is 1.81 bits per heavy atom. The van der Waals surface area contributed by atoms with Crippen molar-refractivity contribution in [3.63, 3.8) is 0 Å². The number of carboxylic acid groups (broad SMARTS) is 1. The van der Waals surface area contributed by atoms with Gasteiger partial charge in [0.15, 0.2) is 6.29 Å². The molecule has 3 rings (SSSR count). The lowest BCUT2D eigenvalue weighted by molar-refractivity contribution is 0.0692. The quantitative estimate of drug-likeness (QED) is 0.671. The predicted octanol–water partition coefficient (Wildman–Crippen LogP) is 4.15. The van der Waals surface area contributed by atoms with E-state index in [0.717, 1.165) is 11.1 Å². The first kappa shape index (κ1) is 18.2. The van der Waals surface area contributed by atoms with E-state index in [4.69, 9.17) is 5.26 Å². The van der Waals surface area contributed by atoms with Crippen molar-refractivity contribution < 1.29 is 14.7 Å². The molecule has 0 aliphatic carbocycles. The molecule has 0 unspecified atom stereocenters. The molecule has 2 aromatic carbocycles. The van der Waals surface area contributed by atoms with E-state index in [1.165, 1.54) is 0 Å². The van der Waals surface area contributed by atoms with Crippen molar-refractivity contribution >= 4 is 12.3 Å². The highest BCUT2D eigenvalue weighted by Gasteiger charge is 2.26. The topological polar surface area (TPSA) is 83.1 Å². The molecule has 134 valence electrons. The second-order valence-corrected chi connectivity index (χ2v) is 6.12. The molecule has 0 radical (unpaired) electrons. The highest BCUT2D eigenvalue weighted by Crippen LogP contribution is 2.33. The Hall–Kier alpha value is -3.65. The lowest BCUT2D eigenvalue weighted by atomic mass is 10.0. The van der Waals surface area contributed by atoms with Crippen LogP contribution in [-0.4, -0.2) is 21.9 Å². The molecule has 0 spiro atoms. The minimum absolute atomic E-state index is 0.0443. The number of hydrogen-bond donors (Lipinski definition) is 1. The Bertz CT molecular complexity index is 1030. The standard InChI is InChI=1S/C22H18N2O3/c1-2-18-20(22(26)27)19(14-25)24(13-16-6-4-3-5-7-16)21(18)17-10-8-15(12-23)9-11-17/h3-11,14H,2,13H2,1H3,(H,26,27). The highest BCUT2D eigenvalue weighted by molar-refractivity contribution is 6.00. The number of carbonyl (C=O) groups excluding carboxylic acids is 1. The fourth-order valence-electron chi connectivity index (χ4n) is 3.36. The first-order valence-electron chi connectivity index (χ1n) is 8.59. The third-order valence-corrected chi connectivity index (χ3v) is 4.55. The number of nitriles is 1. The molecule has 0 aliphatic heterocycles. The van der Waals surface area contributed by atoms with E-state index in [-0.39, 0.29) is 11.3 Å². The van der Waals surface area contributed by atoms with Gasteiger partial charge in [-0.1, -0.05) is 49.4 Å². The number of aldehydes is 1. The number of nitrogens with zero attached hydrogens (tertiary/aromatic N) is 2. The van der Waals surface area contributed by atoms with Crippen molar-refractivity contribution in [3.8, 4) is 17.3 Å². The third-order valence-electron chi connectivity index (χ3n) is 4.55. The molecule has 0 bridgehead atoms. The SMILES string of the molecule is CCc1c(C(=O)O)c(C=O)n(Cc2ccccc2)c1-c1ccc(C#N)cc1. The summed E-state index contributed by atoms with van der Waals surface area (Å²) < 4.78 is 1.76. The Balaban J connectivity index is 2.29. The van der Waals surface area contributed by atoms with Gasteiger partial charge in [-0.25, -0.2) is 4.79 Å². The van der Waals surface area contributed by atoms with Gasteiger partial charge in [-0.2, -0.15) is 5.26 Å². The first-order valence-corrected chi connectivity index (χ1v) is 8.59. The predicted molar refractivity (Wildman–Crippen MR) is 102 cm³/mol. The third kappa shape index (κ3) is 3.38. The summed E-state index contributed by atoms with van der Waals surface area (Å²) >= 11 is 0. The second-order valence-electron chi connectivity index (χ2n) is 6.12. The maximum absolute atomic E-state index is 11.9. The zero-order valence-corrected chi connectivity index (χ0v) is 14.8. The van der Waals surface area contributed by atoms with Gasteiger partial charge in [-0.15, -0.1) is 0 Å². The van der Waals surface area contributed by atoms with E-state index in [9.17, 15) is 14.7 Å². The van der Waals surface area contributed by atoms with Gasteiger partial charge in [-0.05, 0) is 35.2 Å². The van der Waals surface area contributed by atoms with E-state index in [2.05, 4.69) is 6.07 Å². The number of aromatic nitrogens is 1. The summed E-state index contributed by atoms with van der Waals surface area (Å²) in [5.74, 6) is -1.12. The molecule has 0 atom stereocenters. The van der Waals surface area contributed by atoms with Gasteiger partial charge < -0.3 is 9.67 Å². The van der Waals surface area contributed by atoms with Crippen LogP contribution in [0.1, 0.15) is 44.5 Å². The molecule has 5 heteroatoms. The summed E-state index contributed by atoms with van der Waals surface area (Å²) in [4.78, 5) is 23.7. The van der Waals surface area contributed by atoms with Crippen LogP contribution in [0.2, 0.25) is 0 Å².